The molecule has 0 aliphatic carbocycles. The van der Waals surface area contributed by atoms with Crippen LogP contribution in [0.5, 0.6) is 0 Å². The Hall–Kier alpha value is -2.93. The Morgan fingerprint density at radius 2 is 2.28 bits per heavy atom. The molecule has 7 heteroatoms. The van der Waals surface area contributed by atoms with E-state index >= 15 is 0 Å². The first kappa shape index (κ1) is 15.6. The van der Waals surface area contributed by atoms with Crippen molar-refractivity contribution in [2.75, 3.05) is 11.4 Å². The number of hydrogen-bond acceptors (Lipinski definition) is 5. The molecular formula is C18H19FN6. The number of aromatic nitrogens is 3. The zero-order valence-electron chi connectivity index (χ0n) is 13.6. The Bertz CT molecular complexity index is 838. The third-order valence-electron chi connectivity index (χ3n) is 4.54. The van der Waals surface area contributed by atoms with E-state index < -0.39 is 0 Å². The lowest BCUT2D eigenvalue weighted by Gasteiger charge is -2.35. The van der Waals surface area contributed by atoms with Crippen molar-refractivity contribution in [3.8, 4) is 0 Å². The summed E-state index contributed by atoms with van der Waals surface area (Å²) in [5.41, 5.74) is 2.47. The summed E-state index contributed by atoms with van der Waals surface area (Å²) in [6, 6.07) is 5.82. The molecule has 2 aliphatic rings. The number of fused-ring (bicyclic) bond motifs is 1. The number of imidazole rings is 1. The molecule has 0 fully saturated rings. The van der Waals surface area contributed by atoms with Crippen LogP contribution in [0.4, 0.5) is 10.2 Å². The van der Waals surface area contributed by atoms with Crippen LogP contribution >= 0.6 is 0 Å². The summed E-state index contributed by atoms with van der Waals surface area (Å²) in [5.74, 6) is 6.41. The minimum Gasteiger partial charge on any atom is -0.348 e. The lowest BCUT2D eigenvalue weighted by atomic mass is 9.99. The van der Waals surface area contributed by atoms with Crippen LogP contribution in [0.15, 0.2) is 66.7 Å². The summed E-state index contributed by atoms with van der Waals surface area (Å²) < 4.78 is 14.1. The molecule has 1 atom stereocenters. The summed E-state index contributed by atoms with van der Waals surface area (Å²) in [5, 5.41) is 1.30. The molecular weight excluding hydrogens is 319 g/mol. The lowest BCUT2D eigenvalue weighted by Crippen LogP contribution is -2.36. The Morgan fingerprint density at radius 3 is 3.08 bits per heavy atom. The largest absolute Gasteiger partial charge is 0.348 e. The first-order valence-electron chi connectivity index (χ1n) is 8.22. The molecule has 6 nitrogen and oxygen atoms in total. The first-order valence-corrected chi connectivity index (χ1v) is 8.22. The van der Waals surface area contributed by atoms with E-state index in [1.54, 1.807) is 24.8 Å². The zero-order valence-corrected chi connectivity index (χ0v) is 13.6. The Balaban J connectivity index is 1.67. The molecule has 3 N–H and O–H groups in total. The normalized spacial score (nSPS) is 21.4. The fraction of sp³-hybridized carbons (Fsp3) is 0.222. The summed E-state index contributed by atoms with van der Waals surface area (Å²) in [6.07, 6.45) is 11.4. The van der Waals surface area contributed by atoms with Gasteiger partial charge in [-0.15, -0.1) is 0 Å². The molecule has 2 aromatic heterocycles. The Morgan fingerprint density at radius 1 is 1.36 bits per heavy atom. The van der Waals surface area contributed by atoms with Crippen LogP contribution in [0, 0.1) is 0 Å². The van der Waals surface area contributed by atoms with Crippen molar-refractivity contribution in [3.63, 3.8) is 0 Å². The topological polar surface area (TPSA) is 74.1 Å². The first-order chi connectivity index (χ1) is 12.2. The van der Waals surface area contributed by atoms with Gasteiger partial charge in [-0.2, -0.15) is 0 Å². The van der Waals surface area contributed by atoms with Gasteiger partial charge in [-0.05, 0) is 30.7 Å². The monoisotopic (exact) mass is 338 g/mol. The number of halogens is 1. The van der Waals surface area contributed by atoms with E-state index in [0.717, 1.165) is 30.2 Å². The number of hydrazine groups is 1. The second-order valence-corrected chi connectivity index (χ2v) is 6.00. The third-order valence-corrected chi connectivity index (χ3v) is 4.54. The summed E-state index contributed by atoms with van der Waals surface area (Å²) in [7, 11) is 0. The Labute approximate surface area is 145 Å². The highest BCUT2D eigenvalue weighted by molar-refractivity contribution is 5.45. The minimum atomic E-state index is -0.340. The molecule has 25 heavy (non-hydrogen) atoms. The number of aromatic amines is 1. The van der Waals surface area contributed by atoms with Crippen LogP contribution in [0.1, 0.15) is 23.9 Å². The van der Waals surface area contributed by atoms with E-state index in [1.165, 1.54) is 11.1 Å². The number of pyridine rings is 1. The molecule has 4 rings (SSSR count). The zero-order chi connectivity index (χ0) is 17.2. The van der Waals surface area contributed by atoms with Crippen molar-refractivity contribution in [3.05, 3.63) is 78.1 Å². The van der Waals surface area contributed by atoms with Gasteiger partial charge in [-0.25, -0.2) is 20.2 Å². The predicted molar refractivity (Wildman–Crippen MR) is 93.7 cm³/mol. The quantitative estimate of drug-likeness (QED) is 0.842. The number of H-pyrrole nitrogens is 1. The van der Waals surface area contributed by atoms with Crippen LogP contribution in [-0.2, 0) is 6.42 Å². The molecule has 0 radical (unpaired) electrons. The average Bonchev–Trinajstić information content (AvgIpc) is 3.11. The third kappa shape index (κ3) is 2.94. The molecule has 0 saturated heterocycles. The van der Waals surface area contributed by atoms with E-state index in [-0.39, 0.29) is 11.9 Å². The molecule has 0 unspecified atom stereocenters. The standard InChI is InChI=1S/C18H19FN6/c19-13-4-3-10-25(20)15(13)6-7-16-18-14(22-12-23-18)8-11-24(16)17-5-1-2-9-21-17/h1-6,9-10,12,16H,7-8,11,20H2,(H,22,23)/b15-6-/t16-/m0/s1. The molecule has 0 aromatic carbocycles. The number of rotatable bonds is 3. The van der Waals surface area contributed by atoms with Crippen LogP contribution in [0.2, 0.25) is 0 Å². The van der Waals surface area contributed by atoms with Crippen LogP contribution in [-0.4, -0.2) is 26.5 Å². The maximum Gasteiger partial charge on any atom is 0.148 e. The lowest BCUT2D eigenvalue weighted by molar-refractivity contribution is 0.449. The van der Waals surface area contributed by atoms with Gasteiger partial charge in [0, 0.05) is 31.1 Å². The van der Waals surface area contributed by atoms with E-state index in [0.29, 0.717) is 12.1 Å². The van der Waals surface area contributed by atoms with Gasteiger partial charge in [-0.1, -0.05) is 12.1 Å². The maximum atomic E-state index is 14.1. The molecule has 0 saturated carbocycles. The number of hydrogen-bond donors (Lipinski definition) is 2. The predicted octanol–water partition coefficient (Wildman–Crippen LogP) is 2.74. The number of nitrogens with zero attached hydrogens (tertiary/aromatic N) is 4. The van der Waals surface area contributed by atoms with Gasteiger partial charge in [0.2, 0.25) is 0 Å². The van der Waals surface area contributed by atoms with Gasteiger partial charge in [-0.3, -0.25) is 5.01 Å². The molecule has 2 aromatic rings. The maximum absolute atomic E-state index is 14.1. The Kier molecular flexibility index (Phi) is 4.07. The van der Waals surface area contributed by atoms with Crippen molar-refractivity contribution in [1.29, 1.82) is 0 Å². The molecule has 2 aliphatic heterocycles. The number of allylic oxidation sites excluding steroid dienone is 3. The van der Waals surface area contributed by atoms with E-state index in [9.17, 15) is 4.39 Å². The molecule has 0 spiro atoms. The number of nitrogens with one attached hydrogen (secondary N) is 1. The highest BCUT2D eigenvalue weighted by atomic mass is 19.1. The fourth-order valence-corrected chi connectivity index (χ4v) is 3.33. The van der Waals surface area contributed by atoms with Crippen LogP contribution < -0.4 is 10.7 Å². The van der Waals surface area contributed by atoms with E-state index in [2.05, 4.69) is 19.9 Å². The second kappa shape index (κ2) is 6.52. The van der Waals surface area contributed by atoms with Crippen molar-refractivity contribution >= 4 is 5.82 Å². The number of nitrogens with two attached hydrogens (primary N) is 1. The molecule has 0 amide bonds. The van der Waals surface area contributed by atoms with E-state index in [1.807, 2.05) is 24.3 Å². The molecule has 4 heterocycles. The summed E-state index contributed by atoms with van der Waals surface area (Å²) in [4.78, 5) is 14.4. The van der Waals surface area contributed by atoms with E-state index in [4.69, 9.17) is 5.84 Å². The molecule has 128 valence electrons. The SMILES string of the molecule is NN1C=CC=C(F)/C1=C/C[C@H]1c2nc[nH]c2CCN1c1ccccn1. The van der Waals surface area contributed by atoms with Gasteiger partial charge in [0.25, 0.3) is 0 Å². The van der Waals surface area contributed by atoms with Gasteiger partial charge >= 0.3 is 0 Å². The van der Waals surface area contributed by atoms with Crippen molar-refractivity contribution in [2.24, 2.45) is 5.84 Å². The number of anilines is 1. The smallest absolute Gasteiger partial charge is 0.148 e. The minimum absolute atomic E-state index is 0.0236. The highest BCUT2D eigenvalue weighted by Crippen LogP contribution is 2.34. The highest BCUT2D eigenvalue weighted by Gasteiger charge is 2.30. The van der Waals surface area contributed by atoms with Crippen molar-refractivity contribution in [1.82, 2.24) is 20.0 Å². The second-order valence-electron chi connectivity index (χ2n) is 6.00. The fourth-order valence-electron chi connectivity index (χ4n) is 3.33. The van der Waals surface area contributed by atoms with Crippen LogP contribution in [0.3, 0.4) is 0 Å². The van der Waals surface area contributed by atoms with Crippen LogP contribution in [0.25, 0.3) is 0 Å². The van der Waals surface area contributed by atoms with Gasteiger partial charge < -0.3 is 9.88 Å². The van der Waals surface area contributed by atoms with Gasteiger partial charge in [0.15, 0.2) is 0 Å². The molecule has 0 bridgehead atoms. The summed E-state index contributed by atoms with van der Waals surface area (Å²) >= 11 is 0. The summed E-state index contributed by atoms with van der Waals surface area (Å²) in [6.45, 7) is 0.824. The van der Waals surface area contributed by atoms with Crippen molar-refractivity contribution < 1.29 is 4.39 Å². The average molecular weight is 338 g/mol. The van der Waals surface area contributed by atoms with Gasteiger partial charge in [0.05, 0.1) is 23.8 Å². The van der Waals surface area contributed by atoms with Gasteiger partial charge in [0.1, 0.15) is 11.6 Å². The van der Waals surface area contributed by atoms with Crippen molar-refractivity contribution in [2.45, 2.75) is 18.9 Å².